The van der Waals surface area contributed by atoms with Gasteiger partial charge in [0, 0.05) is 12.5 Å². The second kappa shape index (κ2) is 5.94. The van der Waals surface area contributed by atoms with Gasteiger partial charge in [0.1, 0.15) is 0 Å². The fraction of sp³-hybridized carbons (Fsp3) is 0.889. The average molecular weight is 186 g/mol. The molecule has 1 aliphatic rings. The monoisotopic (exact) mass is 186 g/mol. The van der Waals surface area contributed by atoms with Crippen molar-refractivity contribution in [1.82, 2.24) is 5.32 Å². The number of nitrogens with one attached hydrogen (secondary N) is 1. The number of carbonyl (C=O) groups is 1. The van der Waals surface area contributed by atoms with Gasteiger partial charge in [-0.15, -0.1) is 0 Å². The molecule has 0 radical (unpaired) electrons. The Hall–Kier alpha value is -0.610. The van der Waals surface area contributed by atoms with Gasteiger partial charge in [0.05, 0.1) is 6.61 Å². The van der Waals surface area contributed by atoms with Gasteiger partial charge in [0.25, 0.3) is 0 Å². The van der Waals surface area contributed by atoms with Crippen molar-refractivity contribution in [1.29, 1.82) is 0 Å². The molecule has 0 bridgehead atoms. The first-order valence-electron chi connectivity index (χ1n) is 4.94. The molecule has 0 aromatic carbocycles. The van der Waals surface area contributed by atoms with E-state index < -0.39 is 0 Å². The third kappa shape index (κ3) is 4.24. The van der Waals surface area contributed by atoms with Crippen molar-refractivity contribution in [3.63, 3.8) is 0 Å². The molecule has 1 fully saturated rings. The number of carbonyl (C=O) groups excluding carboxylic acids is 1. The van der Waals surface area contributed by atoms with Crippen molar-refractivity contribution < 1.29 is 9.63 Å². The van der Waals surface area contributed by atoms with Gasteiger partial charge >= 0.3 is 0 Å². The molecule has 13 heavy (non-hydrogen) atoms. The summed E-state index contributed by atoms with van der Waals surface area (Å²) in [6.45, 7) is 0.456. The summed E-state index contributed by atoms with van der Waals surface area (Å²) in [6.07, 6.45) is 5.99. The number of hydrogen-bond donors (Lipinski definition) is 2. The van der Waals surface area contributed by atoms with E-state index in [4.69, 9.17) is 5.90 Å². The minimum atomic E-state index is 0.129. The molecule has 1 amide bonds. The van der Waals surface area contributed by atoms with E-state index in [0.29, 0.717) is 25.5 Å². The molecule has 0 heterocycles. The van der Waals surface area contributed by atoms with Gasteiger partial charge in [0.15, 0.2) is 0 Å². The fourth-order valence-electron chi connectivity index (χ4n) is 1.69. The Morgan fingerprint density at radius 1 is 1.46 bits per heavy atom. The topological polar surface area (TPSA) is 64.3 Å². The van der Waals surface area contributed by atoms with Crippen LogP contribution < -0.4 is 11.2 Å². The Balaban J connectivity index is 2.02. The number of rotatable bonds is 5. The lowest BCUT2D eigenvalue weighted by Crippen LogP contribution is -2.32. The average Bonchev–Trinajstić information content (AvgIpc) is 2.57. The van der Waals surface area contributed by atoms with Crippen LogP contribution >= 0.6 is 0 Å². The highest BCUT2D eigenvalue weighted by Gasteiger charge is 2.16. The van der Waals surface area contributed by atoms with Gasteiger partial charge in [0.2, 0.25) is 5.91 Å². The van der Waals surface area contributed by atoms with Crippen molar-refractivity contribution in [2.75, 3.05) is 6.61 Å². The highest BCUT2D eigenvalue weighted by Crippen LogP contribution is 2.17. The van der Waals surface area contributed by atoms with E-state index in [2.05, 4.69) is 10.2 Å². The Morgan fingerprint density at radius 3 is 2.77 bits per heavy atom. The van der Waals surface area contributed by atoms with Crippen LogP contribution in [-0.2, 0) is 9.63 Å². The second-order valence-electron chi connectivity index (χ2n) is 3.52. The predicted octanol–water partition coefficient (Wildman–Crippen LogP) is 0.716. The smallest absolute Gasteiger partial charge is 0.220 e. The molecule has 1 aliphatic carbocycles. The molecule has 4 nitrogen and oxygen atoms in total. The second-order valence-corrected chi connectivity index (χ2v) is 3.52. The SMILES string of the molecule is NOCCCC(=O)NC1CCCC1. The Morgan fingerprint density at radius 2 is 2.15 bits per heavy atom. The van der Waals surface area contributed by atoms with Gasteiger partial charge in [-0.1, -0.05) is 12.8 Å². The standard InChI is InChI=1S/C9H18N2O2/c10-13-7-3-6-9(12)11-8-4-1-2-5-8/h8H,1-7,10H2,(H,11,12). The van der Waals surface area contributed by atoms with Gasteiger partial charge < -0.3 is 10.2 Å². The fourth-order valence-corrected chi connectivity index (χ4v) is 1.69. The maximum atomic E-state index is 11.3. The van der Waals surface area contributed by atoms with Gasteiger partial charge in [-0.05, 0) is 19.3 Å². The lowest BCUT2D eigenvalue weighted by atomic mass is 10.2. The molecule has 0 aliphatic heterocycles. The van der Waals surface area contributed by atoms with Crippen LogP contribution in [0.15, 0.2) is 0 Å². The Bertz CT molecular complexity index is 156. The molecule has 0 aromatic rings. The largest absolute Gasteiger partial charge is 0.353 e. The van der Waals surface area contributed by atoms with E-state index >= 15 is 0 Å². The zero-order chi connectivity index (χ0) is 9.52. The summed E-state index contributed by atoms with van der Waals surface area (Å²) in [7, 11) is 0. The van der Waals surface area contributed by atoms with Crippen LogP contribution in [0.2, 0.25) is 0 Å². The molecule has 0 saturated heterocycles. The lowest BCUT2D eigenvalue weighted by Gasteiger charge is -2.11. The minimum absolute atomic E-state index is 0.129. The van der Waals surface area contributed by atoms with Gasteiger partial charge in [-0.3, -0.25) is 4.79 Å². The molecule has 0 spiro atoms. The van der Waals surface area contributed by atoms with Crippen LogP contribution in [0.5, 0.6) is 0 Å². The molecule has 4 heteroatoms. The summed E-state index contributed by atoms with van der Waals surface area (Å²) in [6, 6.07) is 0.422. The minimum Gasteiger partial charge on any atom is -0.353 e. The molecule has 3 N–H and O–H groups in total. The summed E-state index contributed by atoms with van der Waals surface area (Å²) in [4.78, 5) is 15.6. The summed E-state index contributed by atoms with van der Waals surface area (Å²) in [5.41, 5.74) is 0. The molecule has 0 atom stereocenters. The van der Waals surface area contributed by atoms with Crippen molar-refractivity contribution in [3.05, 3.63) is 0 Å². The maximum Gasteiger partial charge on any atom is 0.220 e. The van der Waals surface area contributed by atoms with Crippen LogP contribution in [0, 0.1) is 0 Å². The van der Waals surface area contributed by atoms with Gasteiger partial charge in [-0.2, -0.15) is 0 Å². The van der Waals surface area contributed by atoms with E-state index in [1.54, 1.807) is 0 Å². The Kier molecular flexibility index (Phi) is 4.78. The molecule has 1 rings (SSSR count). The van der Waals surface area contributed by atoms with Crippen LogP contribution in [0.3, 0.4) is 0 Å². The maximum absolute atomic E-state index is 11.3. The highest BCUT2D eigenvalue weighted by molar-refractivity contribution is 5.76. The Labute approximate surface area is 78.8 Å². The first-order chi connectivity index (χ1) is 6.33. The van der Waals surface area contributed by atoms with E-state index in [9.17, 15) is 4.79 Å². The molecule has 0 aromatic heterocycles. The summed E-state index contributed by atoms with van der Waals surface area (Å²) >= 11 is 0. The molecular weight excluding hydrogens is 168 g/mol. The van der Waals surface area contributed by atoms with Gasteiger partial charge in [-0.25, -0.2) is 5.90 Å². The highest BCUT2D eigenvalue weighted by atomic mass is 16.6. The number of hydrogen-bond acceptors (Lipinski definition) is 3. The lowest BCUT2D eigenvalue weighted by molar-refractivity contribution is -0.122. The third-order valence-corrected chi connectivity index (χ3v) is 2.39. The van der Waals surface area contributed by atoms with Crippen LogP contribution in [0.1, 0.15) is 38.5 Å². The van der Waals surface area contributed by atoms with Crippen molar-refractivity contribution in [2.45, 2.75) is 44.6 Å². The van der Waals surface area contributed by atoms with E-state index in [-0.39, 0.29) is 5.91 Å². The number of nitrogens with two attached hydrogens (primary N) is 1. The van der Waals surface area contributed by atoms with Crippen molar-refractivity contribution in [2.24, 2.45) is 5.90 Å². The number of amides is 1. The van der Waals surface area contributed by atoms with Crippen molar-refractivity contribution in [3.8, 4) is 0 Å². The normalized spacial score (nSPS) is 17.6. The zero-order valence-electron chi connectivity index (χ0n) is 7.92. The molecule has 76 valence electrons. The summed E-state index contributed by atoms with van der Waals surface area (Å²) in [5, 5.41) is 3.00. The molecule has 1 saturated carbocycles. The first-order valence-corrected chi connectivity index (χ1v) is 4.94. The van der Waals surface area contributed by atoms with Crippen LogP contribution in [0.4, 0.5) is 0 Å². The summed E-state index contributed by atoms with van der Waals surface area (Å²) < 4.78 is 0. The van der Waals surface area contributed by atoms with Crippen LogP contribution in [0.25, 0.3) is 0 Å². The summed E-state index contributed by atoms with van der Waals surface area (Å²) in [5.74, 6) is 4.98. The molecular formula is C9H18N2O2. The van der Waals surface area contributed by atoms with E-state index in [0.717, 1.165) is 12.8 Å². The predicted molar refractivity (Wildman–Crippen MR) is 49.8 cm³/mol. The van der Waals surface area contributed by atoms with E-state index in [1.807, 2.05) is 0 Å². The van der Waals surface area contributed by atoms with Crippen LogP contribution in [-0.4, -0.2) is 18.6 Å². The van der Waals surface area contributed by atoms with E-state index in [1.165, 1.54) is 12.8 Å². The zero-order valence-corrected chi connectivity index (χ0v) is 7.92. The quantitative estimate of drug-likeness (QED) is 0.491. The van der Waals surface area contributed by atoms with Crippen molar-refractivity contribution >= 4 is 5.91 Å². The molecule has 0 unspecified atom stereocenters. The first kappa shape index (κ1) is 10.5. The third-order valence-electron chi connectivity index (χ3n) is 2.39.